The van der Waals surface area contributed by atoms with Gasteiger partial charge in [-0.1, -0.05) is 18.2 Å². The number of anilines is 3. The Bertz CT molecular complexity index is 867. The first-order valence-corrected chi connectivity index (χ1v) is 8.92. The molecule has 0 unspecified atom stereocenters. The minimum Gasteiger partial charge on any atom is -0.481 e. The largest absolute Gasteiger partial charge is 0.481 e. The summed E-state index contributed by atoms with van der Waals surface area (Å²) in [6.45, 7) is 4.13. The van der Waals surface area contributed by atoms with Gasteiger partial charge in [-0.2, -0.15) is 0 Å². The number of carboxylic acids is 1. The highest BCUT2D eigenvalue weighted by Crippen LogP contribution is 2.23. The quantitative estimate of drug-likeness (QED) is 0.499. The van der Waals surface area contributed by atoms with Crippen LogP contribution >= 0.6 is 0 Å². The molecule has 0 fully saturated rings. The molecule has 5 N–H and O–H groups in total. The van der Waals surface area contributed by atoms with Gasteiger partial charge in [0.25, 0.3) is 0 Å². The molecular weight excluding hydrogens is 360 g/mol. The van der Waals surface area contributed by atoms with E-state index in [2.05, 4.69) is 21.3 Å². The van der Waals surface area contributed by atoms with Crippen LogP contribution in [0.5, 0.6) is 0 Å². The lowest BCUT2D eigenvalue weighted by atomic mass is 10.1. The molecule has 0 atom stereocenters. The van der Waals surface area contributed by atoms with E-state index in [0.717, 1.165) is 11.1 Å². The van der Waals surface area contributed by atoms with E-state index in [1.165, 1.54) is 0 Å². The lowest BCUT2D eigenvalue weighted by molar-refractivity contribution is -0.136. The van der Waals surface area contributed by atoms with E-state index < -0.39 is 12.0 Å². The average molecular weight is 384 g/mol. The van der Waals surface area contributed by atoms with Crippen molar-refractivity contribution in [1.29, 1.82) is 0 Å². The number of carbonyl (C=O) groups is 3. The van der Waals surface area contributed by atoms with Gasteiger partial charge in [0.1, 0.15) is 0 Å². The zero-order valence-corrected chi connectivity index (χ0v) is 15.8. The molecule has 148 valence electrons. The van der Waals surface area contributed by atoms with Crippen LogP contribution in [0.2, 0.25) is 0 Å². The van der Waals surface area contributed by atoms with Gasteiger partial charge in [0.2, 0.25) is 0 Å². The average Bonchev–Trinajstić information content (AvgIpc) is 2.64. The van der Waals surface area contributed by atoms with E-state index >= 15 is 0 Å². The second kappa shape index (κ2) is 9.96. The van der Waals surface area contributed by atoms with Crippen LogP contribution in [0.4, 0.5) is 26.7 Å². The molecule has 2 aromatic rings. The molecule has 0 saturated carbocycles. The lowest BCUT2D eigenvalue weighted by Crippen LogP contribution is -2.28. The fraction of sp³-hybridized carbons (Fsp3) is 0.250. The highest BCUT2D eigenvalue weighted by atomic mass is 16.4. The topological polar surface area (TPSA) is 120 Å². The summed E-state index contributed by atoms with van der Waals surface area (Å²) in [5, 5.41) is 19.6. The van der Waals surface area contributed by atoms with Gasteiger partial charge in [-0.3, -0.25) is 4.79 Å². The Labute approximate surface area is 163 Å². The smallest absolute Gasteiger partial charge is 0.323 e. The van der Waals surface area contributed by atoms with Gasteiger partial charge < -0.3 is 26.4 Å². The van der Waals surface area contributed by atoms with Gasteiger partial charge in [-0.05, 0) is 55.7 Å². The van der Waals surface area contributed by atoms with Gasteiger partial charge in [-0.15, -0.1) is 0 Å². The van der Waals surface area contributed by atoms with Crippen LogP contribution in [-0.4, -0.2) is 29.7 Å². The van der Waals surface area contributed by atoms with E-state index in [1.807, 2.05) is 13.0 Å². The highest BCUT2D eigenvalue weighted by Gasteiger charge is 2.10. The summed E-state index contributed by atoms with van der Waals surface area (Å²) in [5.41, 5.74) is 3.27. The first-order chi connectivity index (χ1) is 13.4. The van der Waals surface area contributed by atoms with Crippen molar-refractivity contribution in [2.75, 3.05) is 22.5 Å². The maximum Gasteiger partial charge on any atom is 0.323 e. The summed E-state index contributed by atoms with van der Waals surface area (Å²) in [4.78, 5) is 34.7. The zero-order valence-electron chi connectivity index (χ0n) is 15.8. The Morgan fingerprint density at radius 2 is 1.57 bits per heavy atom. The Balaban J connectivity index is 2.02. The number of carboxylic acid groups (broad SMARTS) is 1. The molecule has 0 bridgehead atoms. The van der Waals surface area contributed by atoms with Crippen molar-refractivity contribution in [3.05, 3.63) is 53.6 Å². The first-order valence-electron chi connectivity index (χ1n) is 8.92. The molecule has 0 heterocycles. The van der Waals surface area contributed by atoms with Crippen molar-refractivity contribution >= 4 is 35.1 Å². The summed E-state index contributed by atoms with van der Waals surface area (Å²) in [6, 6.07) is 11.5. The van der Waals surface area contributed by atoms with E-state index in [0.29, 0.717) is 30.0 Å². The first kappa shape index (κ1) is 20.8. The van der Waals surface area contributed by atoms with E-state index in [1.54, 1.807) is 43.3 Å². The maximum atomic E-state index is 12.3. The number of hydrogen-bond acceptors (Lipinski definition) is 3. The van der Waals surface area contributed by atoms with Gasteiger partial charge in [-0.25, -0.2) is 9.59 Å². The minimum absolute atomic E-state index is 0.0280. The van der Waals surface area contributed by atoms with Crippen molar-refractivity contribution in [3.63, 3.8) is 0 Å². The van der Waals surface area contributed by atoms with Gasteiger partial charge >= 0.3 is 18.0 Å². The SMILES string of the molecule is CCNC(=O)Nc1cccc(NC(=O)Nc2cccc(CCC(=O)O)c2)c1C. The number of aliphatic carboxylic acids is 1. The predicted molar refractivity (Wildman–Crippen MR) is 109 cm³/mol. The van der Waals surface area contributed by atoms with Gasteiger partial charge in [0.15, 0.2) is 0 Å². The molecule has 0 aromatic heterocycles. The monoisotopic (exact) mass is 384 g/mol. The third kappa shape index (κ3) is 6.31. The standard InChI is InChI=1S/C20H24N4O4/c1-3-21-19(27)23-16-8-5-9-17(13(16)2)24-20(28)22-15-7-4-6-14(12-15)10-11-18(25)26/h4-9,12H,3,10-11H2,1-2H3,(H,25,26)(H2,21,23,27)(H2,22,24,28). The summed E-state index contributed by atoms with van der Waals surface area (Å²) in [7, 11) is 0. The molecule has 2 aromatic carbocycles. The molecule has 4 amide bonds. The number of benzene rings is 2. The molecule has 0 aliphatic rings. The molecule has 8 nitrogen and oxygen atoms in total. The van der Waals surface area contributed by atoms with Crippen molar-refractivity contribution in [1.82, 2.24) is 5.32 Å². The van der Waals surface area contributed by atoms with Crippen LogP contribution in [0, 0.1) is 6.92 Å². The zero-order chi connectivity index (χ0) is 20.5. The molecule has 0 aliphatic heterocycles. The number of carbonyl (C=O) groups excluding carboxylic acids is 2. The van der Waals surface area contributed by atoms with E-state index in [4.69, 9.17) is 5.11 Å². The van der Waals surface area contributed by atoms with Crippen molar-refractivity contribution < 1.29 is 19.5 Å². The van der Waals surface area contributed by atoms with Gasteiger partial charge in [0, 0.05) is 30.0 Å². The number of amides is 4. The Kier molecular flexibility index (Phi) is 7.38. The number of rotatable bonds is 7. The third-order valence-electron chi connectivity index (χ3n) is 3.98. The highest BCUT2D eigenvalue weighted by molar-refractivity contribution is 6.01. The van der Waals surface area contributed by atoms with E-state index in [9.17, 15) is 14.4 Å². The van der Waals surface area contributed by atoms with Crippen LogP contribution < -0.4 is 21.3 Å². The second-order valence-corrected chi connectivity index (χ2v) is 6.14. The molecule has 28 heavy (non-hydrogen) atoms. The summed E-state index contributed by atoms with van der Waals surface area (Å²) in [5.74, 6) is -0.868. The summed E-state index contributed by atoms with van der Waals surface area (Å²) < 4.78 is 0. The molecule has 0 saturated heterocycles. The lowest BCUT2D eigenvalue weighted by Gasteiger charge is -2.14. The van der Waals surface area contributed by atoms with Crippen LogP contribution in [-0.2, 0) is 11.2 Å². The summed E-state index contributed by atoms with van der Waals surface area (Å²) >= 11 is 0. The number of urea groups is 2. The van der Waals surface area contributed by atoms with Crippen molar-refractivity contribution in [2.24, 2.45) is 0 Å². The Hall–Kier alpha value is -3.55. The fourth-order valence-electron chi connectivity index (χ4n) is 2.57. The normalized spacial score (nSPS) is 10.1. The van der Waals surface area contributed by atoms with Crippen molar-refractivity contribution in [2.45, 2.75) is 26.7 Å². The third-order valence-corrected chi connectivity index (χ3v) is 3.98. The number of hydrogen-bond donors (Lipinski definition) is 5. The number of aryl methyl sites for hydroxylation is 1. The predicted octanol–water partition coefficient (Wildman–Crippen LogP) is 3.80. The molecule has 0 radical (unpaired) electrons. The van der Waals surface area contributed by atoms with E-state index in [-0.39, 0.29) is 12.5 Å². The molecule has 2 rings (SSSR count). The Morgan fingerprint density at radius 3 is 2.21 bits per heavy atom. The molecule has 0 aliphatic carbocycles. The minimum atomic E-state index is -0.868. The van der Waals surface area contributed by atoms with Crippen LogP contribution in [0.1, 0.15) is 24.5 Å². The molecule has 0 spiro atoms. The fourth-order valence-corrected chi connectivity index (χ4v) is 2.57. The van der Waals surface area contributed by atoms with Crippen LogP contribution in [0.3, 0.4) is 0 Å². The molecular formula is C20H24N4O4. The van der Waals surface area contributed by atoms with Crippen molar-refractivity contribution in [3.8, 4) is 0 Å². The Morgan fingerprint density at radius 1 is 0.929 bits per heavy atom. The van der Waals surface area contributed by atoms with Crippen LogP contribution in [0.25, 0.3) is 0 Å². The summed E-state index contributed by atoms with van der Waals surface area (Å²) in [6.07, 6.45) is 0.416. The second-order valence-electron chi connectivity index (χ2n) is 6.14. The molecule has 8 heteroatoms. The van der Waals surface area contributed by atoms with Crippen LogP contribution in [0.15, 0.2) is 42.5 Å². The van der Waals surface area contributed by atoms with Gasteiger partial charge in [0.05, 0.1) is 0 Å². The maximum absolute atomic E-state index is 12.3. The number of nitrogens with one attached hydrogen (secondary N) is 4.